The van der Waals surface area contributed by atoms with Gasteiger partial charge in [-0.05, 0) is 36.4 Å². The van der Waals surface area contributed by atoms with Crippen molar-refractivity contribution in [2.24, 2.45) is 11.3 Å². The van der Waals surface area contributed by atoms with E-state index in [9.17, 15) is 4.79 Å². The van der Waals surface area contributed by atoms with Crippen LogP contribution in [0.5, 0.6) is 0 Å². The summed E-state index contributed by atoms with van der Waals surface area (Å²) in [6.07, 6.45) is 1.75. The van der Waals surface area contributed by atoms with Crippen LogP contribution >= 0.6 is 0 Å². The zero-order valence-corrected chi connectivity index (χ0v) is 13.4. The maximum Gasteiger partial charge on any atom is 0.225 e. The Morgan fingerprint density at radius 3 is 2.71 bits per heavy atom. The summed E-state index contributed by atoms with van der Waals surface area (Å²) < 4.78 is 0. The summed E-state index contributed by atoms with van der Waals surface area (Å²) >= 11 is 0. The SMILES string of the molecule is CC(C)(C)C1CCN(CCC(=O)Nc2ccccc2N)C1. The highest BCUT2D eigenvalue weighted by molar-refractivity contribution is 5.93. The molecule has 1 heterocycles. The van der Waals surface area contributed by atoms with Crippen LogP contribution in [0.3, 0.4) is 0 Å². The van der Waals surface area contributed by atoms with Crippen LogP contribution in [0.25, 0.3) is 0 Å². The molecule has 1 saturated heterocycles. The van der Waals surface area contributed by atoms with Crippen molar-refractivity contribution in [2.75, 3.05) is 30.7 Å². The normalized spacial score (nSPS) is 19.7. The highest BCUT2D eigenvalue weighted by atomic mass is 16.1. The van der Waals surface area contributed by atoms with E-state index >= 15 is 0 Å². The molecule has 0 spiro atoms. The van der Waals surface area contributed by atoms with Crippen molar-refractivity contribution < 1.29 is 4.79 Å². The van der Waals surface area contributed by atoms with E-state index in [1.165, 1.54) is 6.42 Å². The Labute approximate surface area is 127 Å². The minimum atomic E-state index is 0.0344. The Morgan fingerprint density at radius 2 is 2.10 bits per heavy atom. The van der Waals surface area contributed by atoms with Crippen LogP contribution in [0.2, 0.25) is 0 Å². The van der Waals surface area contributed by atoms with Gasteiger partial charge >= 0.3 is 0 Å². The number of likely N-dealkylation sites (tertiary alicyclic amines) is 1. The Bertz CT molecular complexity index is 493. The van der Waals surface area contributed by atoms with E-state index in [1.807, 2.05) is 18.2 Å². The molecule has 4 heteroatoms. The van der Waals surface area contributed by atoms with Crippen molar-refractivity contribution in [3.8, 4) is 0 Å². The van der Waals surface area contributed by atoms with Gasteiger partial charge in [0.15, 0.2) is 0 Å². The first-order valence-corrected chi connectivity index (χ1v) is 7.73. The number of nitrogens with two attached hydrogens (primary N) is 1. The molecule has 1 atom stereocenters. The molecule has 116 valence electrons. The Kier molecular flexibility index (Phi) is 4.88. The second-order valence-electron chi connectivity index (χ2n) is 7.04. The van der Waals surface area contributed by atoms with Gasteiger partial charge in [-0.2, -0.15) is 0 Å². The maximum atomic E-state index is 12.0. The number of nitrogen functional groups attached to an aromatic ring is 1. The minimum Gasteiger partial charge on any atom is -0.397 e. The van der Waals surface area contributed by atoms with Gasteiger partial charge in [-0.15, -0.1) is 0 Å². The number of benzene rings is 1. The predicted molar refractivity (Wildman–Crippen MR) is 88.1 cm³/mol. The van der Waals surface area contributed by atoms with E-state index in [2.05, 4.69) is 31.0 Å². The van der Waals surface area contributed by atoms with Gasteiger partial charge in [-0.3, -0.25) is 4.79 Å². The van der Waals surface area contributed by atoms with Crippen molar-refractivity contribution in [3.05, 3.63) is 24.3 Å². The van der Waals surface area contributed by atoms with Crippen LogP contribution < -0.4 is 11.1 Å². The van der Waals surface area contributed by atoms with Crippen molar-refractivity contribution >= 4 is 17.3 Å². The standard InChI is InChI=1S/C17H27N3O/c1-17(2,3)13-8-10-20(12-13)11-9-16(21)19-15-7-5-4-6-14(15)18/h4-7,13H,8-12,18H2,1-3H3,(H,19,21). The van der Waals surface area contributed by atoms with Crippen LogP contribution in [0.4, 0.5) is 11.4 Å². The van der Waals surface area contributed by atoms with Crippen LogP contribution in [-0.2, 0) is 4.79 Å². The van der Waals surface area contributed by atoms with E-state index in [1.54, 1.807) is 6.07 Å². The molecule has 1 aliphatic rings. The second-order valence-corrected chi connectivity index (χ2v) is 7.04. The third-order valence-electron chi connectivity index (χ3n) is 4.39. The van der Waals surface area contributed by atoms with Crippen LogP contribution in [-0.4, -0.2) is 30.4 Å². The smallest absolute Gasteiger partial charge is 0.225 e. The topological polar surface area (TPSA) is 58.4 Å². The molecule has 1 aromatic rings. The fraction of sp³-hybridized carbons (Fsp3) is 0.588. The first-order valence-electron chi connectivity index (χ1n) is 7.73. The first-order chi connectivity index (χ1) is 9.86. The van der Waals surface area contributed by atoms with Gasteiger partial charge in [0, 0.05) is 19.5 Å². The molecule has 0 radical (unpaired) electrons. The molecule has 3 N–H and O–H groups in total. The number of hydrogen-bond donors (Lipinski definition) is 2. The summed E-state index contributed by atoms with van der Waals surface area (Å²) in [7, 11) is 0. The summed E-state index contributed by atoms with van der Waals surface area (Å²) in [4.78, 5) is 14.4. The number of amides is 1. The molecule has 1 amide bonds. The molecule has 21 heavy (non-hydrogen) atoms. The third-order valence-corrected chi connectivity index (χ3v) is 4.39. The lowest BCUT2D eigenvalue weighted by Gasteiger charge is -2.27. The zero-order valence-electron chi connectivity index (χ0n) is 13.4. The fourth-order valence-corrected chi connectivity index (χ4v) is 2.83. The molecule has 0 aliphatic carbocycles. The first kappa shape index (κ1) is 15.8. The summed E-state index contributed by atoms with van der Waals surface area (Å²) in [6.45, 7) is 9.92. The van der Waals surface area contributed by atoms with E-state index in [4.69, 9.17) is 5.73 Å². The number of carbonyl (C=O) groups is 1. The molecule has 1 fully saturated rings. The average Bonchev–Trinajstić information content (AvgIpc) is 2.88. The number of carbonyl (C=O) groups excluding carboxylic acids is 1. The Balaban J connectivity index is 1.77. The lowest BCUT2D eigenvalue weighted by atomic mass is 9.80. The molecule has 0 bridgehead atoms. The van der Waals surface area contributed by atoms with E-state index in [-0.39, 0.29) is 5.91 Å². The predicted octanol–water partition coefficient (Wildman–Crippen LogP) is 2.97. The maximum absolute atomic E-state index is 12.0. The number of rotatable bonds is 4. The fourth-order valence-electron chi connectivity index (χ4n) is 2.83. The summed E-state index contributed by atoms with van der Waals surface area (Å²) in [6, 6.07) is 7.37. The minimum absolute atomic E-state index is 0.0344. The molecule has 1 aromatic carbocycles. The van der Waals surface area contributed by atoms with E-state index in [0.29, 0.717) is 23.2 Å². The number of nitrogens with one attached hydrogen (secondary N) is 1. The van der Waals surface area contributed by atoms with E-state index in [0.717, 1.165) is 25.6 Å². The zero-order chi connectivity index (χ0) is 15.5. The number of anilines is 2. The largest absolute Gasteiger partial charge is 0.397 e. The quantitative estimate of drug-likeness (QED) is 0.838. The molecular weight excluding hydrogens is 262 g/mol. The molecule has 4 nitrogen and oxygen atoms in total. The monoisotopic (exact) mass is 289 g/mol. The van der Waals surface area contributed by atoms with Crippen molar-refractivity contribution in [1.82, 2.24) is 4.90 Å². The van der Waals surface area contributed by atoms with Gasteiger partial charge in [0.2, 0.25) is 5.91 Å². The highest BCUT2D eigenvalue weighted by Gasteiger charge is 2.31. The second kappa shape index (κ2) is 6.48. The molecular formula is C17H27N3O. The van der Waals surface area contributed by atoms with Gasteiger partial charge < -0.3 is 16.0 Å². The summed E-state index contributed by atoms with van der Waals surface area (Å²) in [5.74, 6) is 0.762. The lowest BCUT2D eigenvalue weighted by molar-refractivity contribution is -0.116. The van der Waals surface area contributed by atoms with Gasteiger partial charge in [0.05, 0.1) is 11.4 Å². The Hall–Kier alpha value is -1.55. The van der Waals surface area contributed by atoms with Gasteiger partial charge in [-0.1, -0.05) is 32.9 Å². The van der Waals surface area contributed by atoms with Crippen molar-refractivity contribution in [2.45, 2.75) is 33.6 Å². The summed E-state index contributed by atoms with van der Waals surface area (Å²) in [5.41, 5.74) is 7.50. The molecule has 1 aliphatic heterocycles. The van der Waals surface area contributed by atoms with Crippen LogP contribution in [0.1, 0.15) is 33.6 Å². The number of nitrogens with zero attached hydrogens (tertiary/aromatic N) is 1. The van der Waals surface area contributed by atoms with Gasteiger partial charge in [-0.25, -0.2) is 0 Å². The molecule has 2 rings (SSSR count). The Morgan fingerprint density at radius 1 is 1.38 bits per heavy atom. The third kappa shape index (κ3) is 4.46. The van der Waals surface area contributed by atoms with Crippen molar-refractivity contribution in [1.29, 1.82) is 0 Å². The van der Waals surface area contributed by atoms with Gasteiger partial charge in [0.25, 0.3) is 0 Å². The molecule has 0 saturated carbocycles. The van der Waals surface area contributed by atoms with E-state index < -0.39 is 0 Å². The highest BCUT2D eigenvalue weighted by Crippen LogP contribution is 2.33. The molecule has 0 aromatic heterocycles. The lowest BCUT2D eigenvalue weighted by Crippen LogP contribution is -2.28. The number of para-hydroxylation sites is 2. The van der Waals surface area contributed by atoms with Crippen LogP contribution in [0, 0.1) is 11.3 Å². The number of hydrogen-bond acceptors (Lipinski definition) is 3. The average molecular weight is 289 g/mol. The summed E-state index contributed by atoms with van der Waals surface area (Å²) in [5, 5.41) is 2.88. The molecule has 1 unspecified atom stereocenters. The van der Waals surface area contributed by atoms with Gasteiger partial charge in [0.1, 0.15) is 0 Å². The van der Waals surface area contributed by atoms with Crippen molar-refractivity contribution in [3.63, 3.8) is 0 Å². The van der Waals surface area contributed by atoms with Crippen LogP contribution in [0.15, 0.2) is 24.3 Å².